The molecule has 1 saturated heterocycles. The standard InChI is InChI=1S/C25H22ClFN8O2/c1-29-6-7-35(28)24-21-20(18(27)14-31-24)17(13-30-21)22(36)25(37)34-10-8-33(9-11-34)23-16-5-3-2-4-15(16)12-19(26)32-23/h2-7,12-14,30H,1,8-11,28H2/b7-6-. The van der Waals surface area contributed by atoms with E-state index in [0.717, 1.165) is 27.8 Å². The Hall–Kier alpha value is -4.35. The highest BCUT2D eigenvalue weighted by Crippen LogP contribution is 2.30. The van der Waals surface area contributed by atoms with E-state index in [1.165, 1.54) is 23.5 Å². The Morgan fingerprint density at radius 3 is 2.76 bits per heavy atom. The molecule has 0 spiro atoms. The SMILES string of the molecule is C=N/C=C\N(N)c1ncc(F)c2c(C(=O)C(=O)N3CCN(c4nc(Cl)cc5ccccc45)CC3)c[nH]c12. The van der Waals surface area contributed by atoms with E-state index in [4.69, 9.17) is 17.4 Å². The summed E-state index contributed by atoms with van der Waals surface area (Å²) in [6.07, 6.45) is 4.94. The topological polar surface area (TPSA) is 124 Å². The normalized spacial score (nSPS) is 14.0. The second-order valence-electron chi connectivity index (χ2n) is 8.37. The molecule has 0 bridgehead atoms. The van der Waals surface area contributed by atoms with Crippen LogP contribution in [-0.4, -0.2) is 64.4 Å². The minimum Gasteiger partial charge on any atom is -0.357 e. The maximum absolute atomic E-state index is 14.8. The second-order valence-corrected chi connectivity index (χ2v) is 8.76. The smallest absolute Gasteiger partial charge is 0.295 e. The van der Waals surface area contributed by atoms with E-state index in [9.17, 15) is 14.0 Å². The van der Waals surface area contributed by atoms with Crippen LogP contribution in [0, 0.1) is 5.82 Å². The highest BCUT2D eigenvalue weighted by molar-refractivity contribution is 6.45. The Kier molecular flexibility index (Phi) is 6.55. The maximum Gasteiger partial charge on any atom is 0.295 e. The summed E-state index contributed by atoms with van der Waals surface area (Å²) in [6.45, 7) is 4.82. The molecule has 1 aliphatic rings. The molecule has 4 aromatic rings. The molecular formula is C25H22ClFN8O2. The Labute approximate surface area is 215 Å². The molecule has 0 saturated carbocycles. The summed E-state index contributed by atoms with van der Waals surface area (Å²) in [5.74, 6) is 4.52. The molecule has 188 valence electrons. The van der Waals surface area contributed by atoms with Gasteiger partial charge in [0.15, 0.2) is 11.6 Å². The van der Waals surface area contributed by atoms with Crippen LogP contribution >= 0.6 is 11.6 Å². The highest BCUT2D eigenvalue weighted by Gasteiger charge is 2.31. The van der Waals surface area contributed by atoms with Crippen molar-refractivity contribution in [1.82, 2.24) is 19.9 Å². The van der Waals surface area contributed by atoms with E-state index in [1.807, 2.05) is 29.2 Å². The Morgan fingerprint density at radius 2 is 2.00 bits per heavy atom. The average molecular weight is 521 g/mol. The van der Waals surface area contributed by atoms with Crippen molar-refractivity contribution >= 4 is 63.3 Å². The number of ketones is 1. The second kappa shape index (κ2) is 9.96. The number of piperazine rings is 1. The van der Waals surface area contributed by atoms with Gasteiger partial charge in [-0.05, 0) is 18.2 Å². The van der Waals surface area contributed by atoms with Crippen molar-refractivity contribution < 1.29 is 14.0 Å². The number of anilines is 2. The van der Waals surface area contributed by atoms with E-state index in [2.05, 4.69) is 26.7 Å². The number of rotatable bonds is 6. The Bertz CT molecular complexity index is 1560. The lowest BCUT2D eigenvalue weighted by molar-refractivity contribution is -0.126. The van der Waals surface area contributed by atoms with Gasteiger partial charge in [0.1, 0.15) is 11.0 Å². The molecule has 4 heterocycles. The molecule has 0 radical (unpaired) electrons. The Morgan fingerprint density at radius 1 is 1.24 bits per heavy atom. The summed E-state index contributed by atoms with van der Waals surface area (Å²) in [5.41, 5.74) is 0.0846. The van der Waals surface area contributed by atoms with Crippen LogP contribution in [0.25, 0.3) is 21.7 Å². The van der Waals surface area contributed by atoms with E-state index in [-0.39, 0.29) is 22.3 Å². The van der Waals surface area contributed by atoms with E-state index in [0.29, 0.717) is 31.3 Å². The summed E-state index contributed by atoms with van der Waals surface area (Å²) >= 11 is 6.23. The van der Waals surface area contributed by atoms with E-state index in [1.54, 1.807) is 6.07 Å². The number of carbonyl (C=O) groups excluding carboxylic acids is 2. The lowest BCUT2D eigenvalue weighted by atomic mass is 10.1. The minimum absolute atomic E-state index is 0.0630. The number of hydrogen-bond acceptors (Lipinski definition) is 8. The van der Waals surface area contributed by atoms with Crippen LogP contribution in [0.1, 0.15) is 10.4 Å². The fourth-order valence-electron chi connectivity index (χ4n) is 4.43. The third kappa shape index (κ3) is 4.50. The van der Waals surface area contributed by atoms with Crippen LogP contribution in [0.5, 0.6) is 0 Å². The number of hydrogen-bond donors (Lipinski definition) is 2. The number of nitrogens with two attached hydrogens (primary N) is 1. The first kappa shape index (κ1) is 24.3. The summed E-state index contributed by atoms with van der Waals surface area (Å²) in [5, 5.41) is 3.34. The predicted molar refractivity (Wildman–Crippen MR) is 141 cm³/mol. The fraction of sp³-hybridized carbons (Fsp3) is 0.160. The molecule has 0 atom stereocenters. The number of halogens is 2. The number of fused-ring (bicyclic) bond motifs is 2. The number of hydrazine groups is 1. The third-order valence-electron chi connectivity index (χ3n) is 6.21. The molecule has 1 amide bonds. The lowest BCUT2D eigenvalue weighted by Gasteiger charge is -2.35. The largest absolute Gasteiger partial charge is 0.357 e. The first-order valence-electron chi connectivity index (χ1n) is 11.3. The summed E-state index contributed by atoms with van der Waals surface area (Å²) in [4.78, 5) is 44.7. The van der Waals surface area contributed by atoms with Crippen LogP contribution in [0.4, 0.5) is 16.0 Å². The van der Waals surface area contributed by atoms with Crippen LogP contribution in [0.2, 0.25) is 5.15 Å². The molecule has 12 heteroatoms. The first-order chi connectivity index (χ1) is 17.9. The minimum atomic E-state index is -0.825. The van der Waals surface area contributed by atoms with E-state index >= 15 is 0 Å². The number of aromatic amines is 1. The zero-order valence-corrected chi connectivity index (χ0v) is 20.3. The zero-order valence-electron chi connectivity index (χ0n) is 19.6. The van der Waals surface area contributed by atoms with Gasteiger partial charge in [-0.1, -0.05) is 35.9 Å². The number of Topliss-reactive ketones (excluding diaryl/α,β-unsaturated/α-hetero) is 1. The summed E-state index contributed by atoms with van der Waals surface area (Å²) in [6, 6.07) is 9.59. The molecule has 3 N–H and O–H groups in total. The molecule has 0 aliphatic carbocycles. The van der Waals surface area contributed by atoms with Gasteiger partial charge in [0, 0.05) is 50.2 Å². The quantitative estimate of drug-likeness (QED) is 0.0998. The van der Waals surface area contributed by atoms with Crippen molar-refractivity contribution in [2.24, 2.45) is 10.8 Å². The van der Waals surface area contributed by atoms with Gasteiger partial charge < -0.3 is 14.8 Å². The lowest BCUT2D eigenvalue weighted by Crippen LogP contribution is -2.51. The Balaban J connectivity index is 1.36. The molecule has 1 fully saturated rings. The third-order valence-corrected chi connectivity index (χ3v) is 6.41. The van der Waals surface area contributed by atoms with Gasteiger partial charge in [-0.3, -0.25) is 19.6 Å². The number of H-pyrrole nitrogens is 1. The monoisotopic (exact) mass is 520 g/mol. The average Bonchev–Trinajstić information content (AvgIpc) is 3.37. The number of aromatic nitrogens is 3. The van der Waals surface area contributed by atoms with Crippen molar-refractivity contribution in [3.05, 3.63) is 71.7 Å². The van der Waals surface area contributed by atoms with Crippen LogP contribution in [0.15, 0.2) is 60.1 Å². The van der Waals surface area contributed by atoms with Crippen LogP contribution in [-0.2, 0) is 4.79 Å². The van der Waals surface area contributed by atoms with Gasteiger partial charge in [-0.2, -0.15) is 0 Å². The van der Waals surface area contributed by atoms with Crippen molar-refractivity contribution in [3.63, 3.8) is 0 Å². The molecule has 10 nitrogen and oxygen atoms in total. The maximum atomic E-state index is 14.8. The predicted octanol–water partition coefficient (Wildman–Crippen LogP) is 3.29. The number of nitrogens with zero attached hydrogens (tertiary/aromatic N) is 6. The number of benzene rings is 1. The van der Waals surface area contributed by atoms with Crippen molar-refractivity contribution in [2.45, 2.75) is 0 Å². The molecule has 3 aromatic heterocycles. The van der Waals surface area contributed by atoms with Gasteiger partial charge in [-0.15, -0.1) is 0 Å². The van der Waals surface area contributed by atoms with Gasteiger partial charge >= 0.3 is 0 Å². The van der Waals surface area contributed by atoms with Crippen molar-refractivity contribution in [2.75, 3.05) is 36.1 Å². The zero-order chi connectivity index (χ0) is 26.1. The molecule has 37 heavy (non-hydrogen) atoms. The number of pyridine rings is 2. The fourth-order valence-corrected chi connectivity index (χ4v) is 4.63. The van der Waals surface area contributed by atoms with E-state index < -0.39 is 17.5 Å². The van der Waals surface area contributed by atoms with Gasteiger partial charge in [0.05, 0.1) is 22.7 Å². The number of carbonyl (C=O) groups is 2. The highest BCUT2D eigenvalue weighted by atomic mass is 35.5. The van der Waals surface area contributed by atoms with Gasteiger partial charge in [0.2, 0.25) is 0 Å². The van der Waals surface area contributed by atoms with Crippen LogP contribution < -0.4 is 15.8 Å². The van der Waals surface area contributed by atoms with Gasteiger partial charge in [0.25, 0.3) is 11.7 Å². The molecule has 5 rings (SSSR count). The number of nitrogens with one attached hydrogen (secondary N) is 1. The summed E-state index contributed by atoms with van der Waals surface area (Å²) in [7, 11) is 0. The molecule has 1 aliphatic heterocycles. The van der Waals surface area contributed by atoms with Crippen molar-refractivity contribution in [3.8, 4) is 0 Å². The van der Waals surface area contributed by atoms with Crippen LogP contribution in [0.3, 0.4) is 0 Å². The summed E-state index contributed by atoms with van der Waals surface area (Å²) < 4.78 is 14.8. The number of aliphatic imine (C=N–C) groups is 1. The molecular weight excluding hydrogens is 499 g/mol. The molecule has 1 aromatic carbocycles. The first-order valence-corrected chi connectivity index (χ1v) is 11.7. The van der Waals surface area contributed by atoms with Crippen molar-refractivity contribution in [1.29, 1.82) is 0 Å². The van der Waals surface area contributed by atoms with Gasteiger partial charge in [-0.25, -0.2) is 20.2 Å². The number of amides is 1. The molecule has 0 unspecified atom stereocenters.